The fraction of sp³-hybridized carbons (Fsp3) is 0.500. The normalized spacial score (nSPS) is 11.8. The lowest BCUT2D eigenvalue weighted by molar-refractivity contribution is -0.142. The third kappa shape index (κ3) is 7.43. The fourth-order valence-corrected chi connectivity index (χ4v) is 2.17. The van der Waals surface area contributed by atoms with Crippen molar-refractivity contribution in [1.29, 1.82) is 0 Å². The number of ether oxygens (including phenoxy) is 1. The summed E-state index contributed by atoms with van der Waals surface area (Å²) in [7, 11) is 0. The van der Waals surface area contributed by atoms with Gasteiger partial charge in [0.15, 0.2) is 0 Å². The number of thiophene rings is 1. The summed E-state index contributed by atoms with van der Waals surface area (Å²) in [5.41, 5.74) is 1.20. The molecule has 0 aromatic carbocycles. The van der Waals surface area contributed by atoms with Gasteiger partial charge in [0, 0.05) is 12.6 Å². The summed E-state index contributed by atoms with van der Waals surface area (Å²) >= 11 is 1.63. The Bertz CT molecular complexity index is 394. The van der Waals surface area contributed by atoms with Crippen molar-refractivity contribution in [1.82, 2.24) is 10.6 Å². The molecule has 106 valence electrons. The molecule has 0 saturated heterocycles. The van der Waals surface area contributed by atoms with Crippen molar-refractivity contribution in [2.45, 2.75) is 19.4 Å². The van der Waals surface area contributed by atoms with Gasteiger partial charge >= 0.3 is 12.0 Å². The second-order valence-electron chi connectivity index (χ2n) is 4.08. The maximum atomic E-state index is 11.5. The number of rotatable bonds is 8. The van der Waals surface area contributed by atoms with E-state index in [9.17, 15) is 9.59 Å². The molecule has 2 amide bonds. The first-order valence-corrected chi connectivity index (χ1v) is 6.87. The maximum Gasteiger partial charge on any atom is 0.329 e. The standard InChI is InChI=1S/C12H18N2O4S/c1-9(6-10-2-5-19-8-10)14-12(17)13-3-4-18-7-11(15)16/h2,5,8-9H,3-4,6-7H2,1H3,(H,15,16)(H2,13,14,17). The molecule has 1 aromatic rings. The molecule has 1 heterocycles. The van der Waals surface area contributed by atoms with E-state index in [1.165, 1.54) is 5.56 Å². The molecule has 1 unspecified atom stereocenters. The minimum Gasteiger partial charge on any atom is -0.480 e. The van der Waals surface area contributed by atoms with Crippen LogP contribution in [0.1, 0.15) is 12.5 Å². The number of aliphatic carboxylic acids is 1. The second kappa shape index (κ2) is 8.49. The molecule has 0 aliphatic carbocycles. The predicted molar refractivity (Wildman–Crippen MR) is 72.5 cm³/mol. The van der Waals surface area contributed by atoms with Crippen LogP contribution in [-0.2, 0) is 16.0 Å². The van der Waals surface area contributed by atoms with Crippen molar-refractivity contribution in [3.63, 3.8) is 0 Å². The van der Waals surface area contributed by atoms with Gasteiger partial charge in [-0.2, -0.15) is 11.3 Å². The van der Waals surface area contributed by atoms with E-state index in [0.29, 0.717) is 0 Å². The average Bonchev–Trinajstić information content (AvgIpc) is 2.80. The monoisotopic (exact) mass is 286 g/mol. The summed E-state index contributed by atoms with van der Waals surface area (Å²) in [4.78, 5) is 21.7. The second-order valence-corrected chi connectivity index (χ2v) is 4.86. The number of hydrogen-bond acceptors (Lipinski definition) is 4. The molecule has 0 bridgehead atoms. The van der Waals surface area contributed by atoms with E-state index in [1.54, 1.807) is 11.3 Å². The van der Waals surface area contributed by atoms with Crippen LogP contribution in [0.25, 0.3) is 0 Å². The Morgan fingerprint density at radius 3 is 2.95 bits per heavy atom. The SMILES string of the molecule is CC(Cc1ccsc1)NC(=O)NCCOCC(=O)O. The van der Waals surface area contributed by atoms with Crippen LogP contribution in [0.2, 0.25) is 0 Å². The minimum absolute atomic E-state index is 0.0366. The van der Waals surface area contributed by atoms with Gasteiger partial charge in [0.2, 0.25) is 0 Å². The van der Waals surface area contributed by atoms with E-state index in [4.69, 9.17) is 9.84 Å². The number of nitrogens with one attached hydrogen (secondary N) is 2. The van der Waals surface area contributed by atoms with Gasteiger partial charge in [0.25, 0.3) is 0 Å². The van der Waals surface area contributed by atoms with Gasteiger partial charge in [-0.1, -0.05) is 0 Å². The van der Waals surface area contributed by atoms with Crippen LogP contribution in [0, 0.1) is 0 Å². The summed E-state index contributed by atoms with van der Waals surface area (Å²) in [6, 6.07) is 1.79. The van der Waals surface area contributed by atoms with Gasteiger partial charge in [0.1, 0.15) is 6.61 Å². The molecule has 3 N–H and O–H groups in total. The summed E-state index contributed by atoms with van der Waals surface area (Å²) in [5, 5.41) is 17.8. The molecule has 0 saturated carbocycles. The van der Waals surface area contributed by atoms with Crippen molar-refractivity contribution in [3.05, 3.63) is 22.4 Å². The number of carbonyl (C=O) groups excluding carboxylic acids is 1. The smallest absolute Gasteiger partial charge is 0.329 e. The van der Waals surface area contributed by atoms with E-state index < -0.39 is 5.97 Å². The number of carbonyl (C=O) groups is 2. The van der Waals surface area contributed by atoms with Gasteiger partial charge in [-0.15, -0.1) is 0 Å². The molecule has 1 aromatic heterocycles. The molecule has 0 fully saturated rings. The lowest BCUT2D eigenvalue weighted by atomic mass is 10.1. The number of carboxylic acid groups (broad SMARTS) is 1. The first-order valence-electron chi connectivity index (χ1n) is 5.93. The number of amides is 2. The Hall–Kier alpha value is -1.60. The highest BCUT2D eigenvalue weighted by atomic mass is 32.1. The molecule has 0 spiro atoms. The first-order chi connectivity index (χ1) is 9.08. The average molecular weight is 286 g/mol. The van der Waals surface area contributed by atoms with E-state index >= 15 is 0 Å². The third-order valence-corrected chi connectivity index (χ3v) is 2.99. The number of urea groups is 1. The summed E-state index contributed by atoms with van der Waals surface area (Å²) in [5.74, 6) is -1.02. The summed E-state index contributed by atoms with van der Waals surface area (Å²) in [6.07, 6.45) is 0.784. The summed E-state index contributed by atoms with van der Waals surface area (Å²) < 4.78 is 4.80. The Morgan fingerprint density at radius 2 is 2.32 bits per heavy atom. The van der Waals surface area contributed by atoms with Crippen LogP contribution < -0.4 is 10.6 Å². The zero-order valence-electron chi connectivity index (χ0n) is 10.7. The zero-order valence-corrected chi connectivity index (χ0v) is 11.5. The number of hydrogen-bond donors (Lipinski definition) is 3. The van der Waals surface area contributed by atoms with Crippen molar-refractivity contribution < 1.29 is 19.4 Å². The van der Waals surface area contributed by atoms with Crippen LogP contribution in [0.4, 0.5) is 4.79 Å². The van der Waals surface area contributed by atoms with Crippen LogP contribution in [0.15, 0.2) is 16.8 Å². The van der Waals surface area contributed by atoms with Crippen molar-refractivity contribution in [2.24, 2.45) is 0 Å². The Balaban J connectivity index is 2.08. The van der Waals surface area contributed by atoms with E-state index in [1.807, 2.05) is 18.4 Å². The maximum absolute atomic E-state index is 11.5. The molecule has 7 heteroatoms. The molecule has 0 aliphatic heterocycles. The van der Waals surface area contributed by atoms with Gasteiger partial charge in [-0.3, -0.25) is 0 Å². The van der Waals surface area contributed by atoms with E-state index in [2.05, 4.69) is 16.0 Å². The van der Waals surface area contributed by atoms with Crippen LogP contribution in [0.5, 0.6) is 0 Å². The lowest BCUT2D eigenvalue weighted by Crippen LogP contribution is -2.42. The number of carboxylic acids is 1. The van der Waals surface area contributed by atoms with Crippen LogP contribution in [0.3, 0.4) is 0 Å². The Morgan fingerprint density at radius 1 is 1.53 bits per heavy atom. The first kappa shape index (κ1) is 15.5. The van der Waals surface area contributed by atoms with Crippen molar-refractivity contribution in [2.75, 3.05) is 19.8 Å². The van der Waals surface area contributed by atoms with Gasteiger partial charge in [-0.05, 0) is 35.7 Å². The Kier molecular flexibility index (Phi) is 6.91. The van der Waals surface area contributed by atoms with E-state index in [-0.39, 0.29) is 31.8 Å². The minimum atomic E-state index is -1.02. The highest BCUT2D eigenvalue weighted by Gasteiger charge is 2.07. The van der Waals surface area contributed by atoms with Crippen molar-refractivity contribution >= 4 is 23.3 Å². The fourth-order valence-electron chi connectivity index (χ4n) is 1.48. The summed E-state index contributed by atoms with van der Waals surface area (Å²) in [6.45, 7) is 2.04. The highest BCUT2D eigenvalue weighted by molar-refractivity contribution is 7.07. The molecule has 0 aliphatic rings. The molecular weight excluding hydrogens is 268 g/mol. The highest BCUT2D eigenvalue weighted by Crippen LogP contribution is 2.08. The van der Waals surface area contributed by atoms with E-state index in [0.717, 1.165) is 6.42 Å². The van der Waals surface area contributed by atoms with Gasteiger partial charge < -0.3 is 20.5 Å². The van der Waals surface area contributed by atoms with Crippen LogP contribution in [-0.4, -0.2) is 42.9 Å². The molecule has 0 radical (unpaired) electrons. The predicted octanol–water partition coefficient (Wildman–Crippen LogP) is 1.08. The lowest BCUT2D eigenvalue weighted by Gasteiger charge is -2.14. The van der Waals surface area contributed by atoms with Crippen LogP contribution >= 0.6 is 11.3 Å². The van der Waals surface area contributed by atoms with Gasteiger partial charge in [-0.25, -0.2) is 9.59 Å². The molecule has 19 heavy (non-hydrogen) atoms. The molecule has 1 rings (SSSR count). The zero-order chi connectivity index (χ0) is 14.1. The molecule has 1 atom stereocenters. The third-order valence-electron chi connectivity index (χ3n) is 2.26. The van der Waals surface area contributed by atoms with Gasteiger partial charge in [0.05, 0.1) is 6.61 Å². The quantitative estimate of drug-likeness (QED) is 0.624. The topological polar surface area (TPSA) is 87.7 Å². The largest absolute Gasteiger partial charge is 0.480 e. The molecule has 6 nitrogen and oxygen atoms in total. The Labute approximate surface area is 115 Å². The van der Waals surface area contributed by atoms with Crippen molar-refractivity contribution in [3.8, 4) is 0 Å². The molecular formula is C12H18N2O4S.